The van der Waals surface area contributed by atoms with E-state index in [1.165, 1.54) is 39.7 Å². The zero-order valence-corrected chi connectivity index (χ0v) is 20.7. The highest BCUT2D eigenvalue weighted by Gasteiger charge is 2.30. The molecule has 0 saturated heterocycles. The number of carbonyl (C=O) groups excluding carboxylic acids is 1. The van der Waals surface area contributed by atoms with Crippen molar-refractivity contribution in [3.8, 4) is 0 Å². The van der Waals surface area contributed by atoms with Crippen LogP contribution in [0.15, 0.2) is 113 Å². The van der Waals surface area contributed by atoms with Crippen LogP contribution in [0.5, 0.6) is 0 Å². The Morgan fingerprint density at radius 3 is 2.34 bits per heavy atom. The van der Waals surface area contributed by atoms with E-state index in [4.69, 9.17) is 4.99 Å². The van der Waals surface area contributed by atoms with E-state index in [2.05, 4.69) is 59.9 Å². The van der Waals surface area contributed by atoms with Crippen molar-refractivity contribution in [3.05, 3.63) is 119 Å². The number of thioether (sulfide) groups is 1. The zero-order chi connectivity index (χ0) is 24.0. The van der Waals surface area contributed by atoms with Gasteiger partial charge in [0.1, 0.15) is 6.04 Å². The summed E-state index contributed by atoms with van der Waals surface area (Å²) in [5.41, 5.74) is 7.10. The number of nitrogens with zero attached hydrogens (tertiary/aromatic N) is 2. The first-order valence-corrected chi connectivity index (χ1v) is 13.0. The summed E-state index contributed by atoms with van der Waals surface area (Å²) in [6.45, 7) is 0. The fourth-order valence-electron chi connectivity index (χ4n) is 4.60. The zero-order valence-electron chi connectivity index (χ0n) is 19.9. The molecular weight excluding hydrogens is 450 g/mol. The summed E-state index contributed by atoms with van der Waals surface area (Å²) in [5.74, 6) is 0.365. The first-order chi connectivity index (χ1) is 17.2. The molecule has 4 nitrogen and oxygen atoms in total. The number of nitrogens with one attached hydrogen (secondary N) is 1. The van der Waals surface area contributed by atoms with Crippen LogP contribution < -0.4 is 10.2 Å². The first-order valence-electron chi connectivity index (χ1n) is 12.0. The van der Waals surface area contributed by atoms with Crippen molar-refractivity contribution in [1.82, 2.24) is 5.32 Å². The summed E-state index contributed by atoms with van der Waals surface area (Å²) in [4.78, 5) is 19.7. The van der Waals surface area contributed by atoms with Gasteiger partial charge in [0.15, 0.2) is 5.17 Å². The molecule has 176 valence electrons. The molecule has 1 aliphatic carbocycles. The number of allylic oxidation sites excluding steroid dienone is 1. The van der Waals surface area contributed by atoms with Gasteiger partial charge in [-0.3, -0.25) is 4.79 Å². The lowest BCUT2D eigenvalue weighted by Gasteiger charge is -2.33. The molecule has 0 radical (unpaired) electrons. The minimum Gasteiger partial charge on any atom is -0.335 e. The van der Waals surface area contributed by atoms with Crippen LogP contribution in [0.4, 0.5) is 5.69 Å². The van der Waals surface area contributed by atoms with Crippen molar-refractivity contribution in [3.63, 3.8) is 0 Å². The topological polar surface area (TPSA) is 44.7 Å². The molecule has 35 heavy (non-hydrogen) atoms. The second-order valence-electron chi connectivity index (χ2n) is 8.78. The molecular formula is C30H29N3OS. The van der Waals surface area contributed by atoms with Crippen LogP contribution >= 0.6 is 11.8 Å². The molecule has 0 unspecified atom stereocenters. The first kappa shape index (κ1) is 23.2. The number of anilines is 1. The van der Waals surface area contributed by atoms with Gasteiger partial charge in [-0.05, 0) is 59.7 Å². The van der Waals surface area contributed by atoms with Crippen molar-refractivity contribution in [2.75, 3.05) is 17.7 Å². The molecule has 5 rings (SSSR count). The second kappa shape index (κ2) is 10.8. The molecule has 0 bridgehead atoms. The quantitative estimate of drug-likeness (QED) is 0.448. The molecule has 0 saturated carbocycles. The van der Waals surface area contributed by atoms with Gasteiger partial charge >= 0.3 is 0 Å². The maximum absolute atomic E-state index is 12.9. The summed E-state index contributed by atoms with van der Waals surface area (Å²) in [6, 6.07) is 30.7. The SMILES string of the molecule is CN(C(=O)CSC1=N[C@H](c2ccccc2)C2=C(N1)/C(=C/c1ccccc1)CCC2)c1ccccc1. The smallest absolute Gasteiger partial charge is 0.237 e. The van der Waals surface area contributed by atoms with E-state index in [9.17, 15) is 4.79 Å². The molecule has 0 spiro atoms. The molecule has 2 aliphatic rings. The number of amides is 1. The number of carbonyl (C=O) groups is 1. The Labute approximate surface area is 211 Å². The van der Waals surface area contributed by atoms with E-state index in [1.54, 1.807) is 4.90 Å². The number of rotatable bonds is 5. The van der Waals surface area contributed by atoms with Crippen LogP contribution in [-0.4, -0.2) is 23.9 Å². The minimum absolute atomic E-state index is 0.0311. The molecule has 1 N–H and O–H groups in total. The highest BCUT2D eigenvalue weighted by atomic mass is 32.2. The second-order valence-corrected chi connectivity index (χ2v) is 9.75. The number of hydrogen-bond acceptors (Lipinski definition) is 4. The predicted octanol–water partition coefficient (Wildman–Crippen LogP) is 6.60. The van der Waals surface area contributed by atoms with Crippen molar-refractivity contribution in [2.45, 2.75) is 25.3 Å². The third-order valence-electron chi connectivity index (χ3n) is 6.45. The van der Waals surface area contributed by atoms with Gasteiger partial charge < -0.3 is 10.2 Å². The van der Waals surface area contributed by atoms with Crippen LogP contribution in [0.3, 0.4) is 0 Å². The lowest BCUT2D eigenvalue weighted by Crippen LogP contribution is -2.33. The minimum atomic E-state index is -0.0311. The average molecular weight is 480 g/mol. The predicted molar refractivity (Wildman–Crippen MR) is 147 cm³/mol. The average Bonchev–Trinajstić information content (AvgIpc) is 2.92. The maximum Gasteiger partial charge on any atom is 0.237 e. The molecule has 0 aromatic heterocycles. The Morgan fingerprint density at radius 2 is 1.63 bits per heavy atom. The van der Waals surface area contributed by atoms with Gasteiger partial charge in [0.05, 0.1) is 5.75 Å². The number of aliphatic imine (C=N–C) groups is 1. The van der Waals surface area contributed by atoms with Crippen molar-refractivity contribution < 1.29 is 4.79 Å². The van der Waals surface area contributed by atoms with Gasteiger partial charge in [-0.1, -0.05) is 90.6 Å². The summed E-state index contributed by atoms with van der Waals surface area (Å²) in [5, 5.41) is 4.41. The molecule has 1 amide bonds. The van der Waals surface area contributed by atoms with Crippen molar-refractivity contribution in [1.29, 1.82) is 0 Å². The normalized spacial score (nSPS) is 18.5. The third kappa shape index (κ3) is 5.41. The largest absolute Gasteiger partial charge is 0.335 e. The highest BCUT2D eigenvalue weighted by molar-refractivity contribution is 8.14. The molecule has 1 aliphatic heterocycles. The number of hydrogen-bond donors (Lipinski definition) is 1. The summed E-state index contributed by atoms with van der Waals surface area (Å²) < 4.78 is 0. The monoisotopic (exact) mass is 479 g/mol. The van der Waals surface area contributed by atoms with E-state index in [0.717, 1.165) is 30.1 Å². The van der Waals surface area contributed by atoms with E-state index >= 15 is 0 Å². The van der Waals surface area contributed by atoms with Gasteiger partial charge in [-0.25, -0.2) is 4.99 Å². The number of amidine groups is 1. The number of benzene rings is 3. The Balaban J connectivity index is 1.42. The Morgan fingerprint density at radius 1 is 0.971 bits per heavy atom. The fourth-order valence-corrected chi connectivity index (χ4v) is 5.40. The number of para-hydroxylation sites is 1. The molecule has 3 aromatic rings. The summed E-state index contributed by atoms with van der Waals surface area (Å²) >= 11 is 1.48. The van der Waals surface area contributed by atoms with Crippen LogP contribution in [-0.2, 0) is 4.79 Å². The van der Waals surface area contributed by atoms with Gasteiger partial charge in [0, 0.05) is 18.4 Å². The van der Waals surface area contributed by atoms with E-state index in [-0.39, 0.29) is 11.9 Å². The molecule has 0 fully saturated rings. The lowest BCUT2D eigenvalue weighted by atomic mass is 9.84. The molecule has 5 heteroatoms. The Bertz CT molecular complexity index is 1270. The Hall–Kier alpha value is -3.57. The van der Waals surface area contributed by atoms with Gasteiger partial charge in [0.2, 0.25) is 5.91 Å². The Kier molecular flexibility index (Phi) is 7.15. The van der Waals surface area contributed by atoms with Gasteiger partial charge in [-0.2, -0.15) is 0 Å². The maximum atomic E-state index is 12.9. The highest BCUT2D eigenvalue weighted by Crippen LogP contribution is 2.41. The standard InChI is InChI=1S/C30H29N3OS/c1-33(25-17-9-4-10-18-25)27(34)21-35-30-31-28(23-14-7-3-8-15-23)26-19-11-16-24(29(26)32-30)20-22-12-5-2-6-13-22/h2-10,12-15,17-18,20,28H,11,16,19,21H2,1H3,(H,31,32)/b24-20+/t28-/m1/s1. The summed E-state index contributed by atoms with van der Waals surface area (Å²) in [7, 11) is 1.82. The van der Waals surface area contributed by atoms with Crippen LogP contribution in [0, 0.1) is 0 Å². The van der Waals surface area contributed by atoms with Crippen LogP contribution in [0.25, 0.3) is 6.08 Å². The van der Waals surface area contributed by atoms with E-state index < -0.39 is 0 Å². The molecule has 3 aromatic carbocycles. The van der Waals surface area contributed by atoms with E-state index in [0.29, 0.717) is 5.75 Å². The molecule has 1 atom stereocenters. The van der Waals surface area contributed by atoms with Crippen LogP contribution in [0.1, 0.15) is 36.4 Å². The van der Waals surface area contributed by atoms with Crippen molar-refractivity contribution >= 4 is 34.6 Å². The van der Waals surface area contributed by atoms with Gasteiger partial charge in [-0.15, -0.1) is 0 Å². The van der Waals surface area contributed by atoms with Crippen molar-refractivity contribution in [2.24, 2.45) is 4.99 Å². The summed E-state index contributed by atoms with van der Waals surface area (Å²) in [6.07, 6.45) is 5.44. The van der Waals surface area contributed by atoms with E-state index in [1.807, 2.05) is 49.5 Å². The van der Waals surface area contributed by atoms with Crippen LogP contribution in [0.2, 0.25) is 0 Å². The fraction of sp³-hybridized carbons (Fsp3) is 0.200. The van der Waals surface area contributed by atoms with Gasteiger partial charge in [0.25, 0.3) is 0 Å². The molecule has 1 heterocycles. The lowest BCUT2D eigenvalue weighted by molar-refractivity contribution is -0.115. The third-order valence-corrected chi connectivity index (χ3v) is 7.32.